The van der Waals surface area contributed by atoms with Crippen molar-refractivity contribution in [3.8, 4) is 0 Å². The molecule has 0 spiro atoms. The SMILES string of the molecule is CCCCB1OC2CC(O1)[C@H](CCCCCCC(=O)NCC)[C@H]2C=C[C@H](CCc1ccccc1)OC(=O)CCCBr. The Hall–Kier alpha value is -1.64. The summed E-state index contributed by atoms with van der Waals surface area (Å²) in [6, 6.07) is 10.4. The van der Waals surface area contributed by atoms with Gasteiger partial charge in [-0.25, -0.2) is 0 Å². The topological polar surface area (TPSA) is 73.9 Å². The van der Waals surface area contributed by atoms with Gasteiger partial charge in [-0.05, 0) is 69.3 Å². The fourth-order valence-corrected chi connectivity index (χ4v) is 6.39. The van der Waals surface area contributed by atoms with E-state index in [4.69, 9.17) is 14.0 Å². The van der Waals surface area contributed by atoms with Crippen molar-refractivity contribution in [2.75, 3.05) is 11.9 Å². The molecule has 2 bridgehead atoms. The van der Waals surface area contributed by atoms with Crippen molar-refractivity contribution >= 4 is 34.9 Å². The number of benzene rings is 1. The highest BCUT2D eigenvalue weighted by Gasteiger charge is 2.49. The molecular weight excluding hydrogens is 581 g/mol. The summed E-state index contributed by atoms with van der Waals surface area (Å²) in [6.07, 6.45) is 17.4. The van der Waals surface area contributed by atoms with Crippen LogP contribution in [0.2, 0.25) is 6.32 Å². The Balaban J connectivity index is 1.64. The Morgan fingerprint density at radius 3 is 2.59 bits per heavy atom. The van der Waals surface area contributed by atoms with E-state index in [1.165, 1.54) is 5.56 Å². The maximum atomic E-state index is 12.6. The number of unbranched alkanes of at least 4 members (excludes halogenated alkanes) is 4. The summed E-state index contributed by atoms with van der Waals surface area (Å²) >= 11 is 3.42. The number of fused-ring (bicyclic) bond motifs is 2. The van der Waals surface area contributed by atoms with E-state index in [2.05, 4.69) is 64.6 Å². The molecule has 1 N–H and O–H groups in total. The molecule has 228 valence electrons. The van der Waals surface area contributed by atoms with Crippen molar-refractivity contribution in [2.45, 2.75) is 122 Å². The first kappa shape index (κ1) is 33.9. The third kappa shape index (κ3) is 12.2. The van der Waals surface area contributed by atoms with Crippen LogP contribution in [0.3, 0.4) is 0 Å². The van der Waals surface area contributed by atoms with Crippen LogP contribution < -0.4 is 5.32 Å². The smallest absolute Gasteiger partial charge is 0.457 e. The summed E-state index contributed by atoms with van der Waals surface area (Å²) in [4.78, 5) is 24.3. The molecule has 2 aliphatic rings. The normalized spacial score (nSPS) is 22.7. The third-order valence-electron chi connectivity index (χ3n) is 8.28. The van der Waals surface area contributed by atoms with Gasteiger partial charge in [0.05, 0.1) is 6.10 Å². The van der Waals surface area contributed by atoms with E-state index in [0.717, 1.165) is 82.3 Å². The summed E-state index contributed by atoms with van der Waals surface area (Å²) in [5.74, 6) is 0.661. The number of nitrogens with one attached hydrogen (secondary N) is 1. The highest BCUT2D eigenvalue weighted by atomic mass is 79.9. The number of amides is 1. The maximum Gasteiger partial charge on any atom is 0.457 e. The van der Waals surface area contributed by atoms with Gasteiger partial charge in [0, 0.05) is 36.7 Å². The van der Waals surface area contributed by atoms with Gasteiger partial charge in [0.2, 0.25) is 5.91 Å². The average Bonchev–Trinajstić information content (AvgIpc) is 3.22. The van der Waals surface area contributed by atoms with Gasteiger partial charge >= 0.3 is 13.1 Å². The Kier molecular flexibility index (Phi) is 16.1. The van der Waals surface area contributed by atoms with Crippen molar-refractivity contribution in [3.63, 3.8) is 0 Å². The molecule has 2 unspecified atom stereocenters. The fraction of sp³-hybridized carbons (Fsp3) is 0.697. The number of halogens is 1. The first-order valence-corrected chi connectivity index (χ1v) is 17.2. The van der Waals surface area contributed by atoms with Gasteiger partial charge in [0.1, 0.15) is 6.10 Å². The monoisotopic (exact) mass is 631 g/mol. The van der Waals surface area contributed by atoms with E-state index in [0.29, 0.717) is 25.3 Å². The summed E-state index contributed by atoms with van der Waals surface area (Å²) in [6.45, 7) is 4.86. The van der Waals surface area contributed by atoms with Gasteiger partial charge in [-0.3, -0.25) is 9.59 Å². The van der Waals surface area contributed by atoms with Crippen LogP contribution in [0.15, 0.2) is 42.5 Å². The van der Waals surface area contributed by atoms with Gasteiger partial charge in [-0.15, -0.1) is 0 Å². The molecule has 1 aliphatic carbocycles. The zero-order valence-corrected chi connectivity index (χ0v) is 26.8. The number of aryl methyl sites for hydroxylation is 1. The number of carbonyl (C=O) groups is 2. The molecule has 8 heteroatoms. The quantitative estimate of drug-likeness (QED) is 0.0532. The molecule has 1 saturated carbocycles. The van der Waals surface area contributed by atoms with Crippen molar-refractivity contribution in [1.82, 2.24) is 5.32 Å². The zero-order valence-electron chi connectivity index (χ0n) is 25.2. The molecule has 41 heavy (non-hydrogen) atoms. The predicted octanol–water partition coefficient (Wildman–Crippen LogP) is 7.45. The molecule has 2 fully saturated rings. The second-order valence-electron chi connectivity index (χ2n) is 11.5. The summed E-state index contributed by atoms with van der Waals surface area (Å²) in [7, 11) is -0.118. The lowest BCUT2D eigenvalue weighted by atomic mass is 9.80. The largest absolute Gasteiger partial charge is 0.458 e. The highest BCUT2D eigenvalue weighted by Crippen LogP contribution is 2.44. The standard InChI is InChI=1S/C33H51BBrNO5/c1-3-5-23-34-40-30-25-31(41-34)29(28(30)16-11-6-7-12-17-32(37)36-4-2)22-21-27(39-33(38)18-13-24-35)20-19-26-14-9-8-10-15-26/h8-10,14-15,21-22,27-31H,3-7,11-13,16-20,23-25H2,1-2H3,(H,36,37)/t27-,28+,29+,30?,31?/m0/s1. The lowest BCUT2D eigenvalue weighted by molar-refractivity contribution is -0.147. The average molecular weight is 632 g/mol. The zero-order chi connectivity index (χ0) is 29.3. The van der Waals surface area contributed by atoms with Gasteiger partial charge in [-0.1, -0.05) is 91.4 Å². The molecule has 0 radical (unpaired) electrons. The number of rotatable bonds is 20. The molecule has 3 rings (SSSR count). The fourth-order valence-electron chi connectivity index (χ4n) is 6.10. The Bertz CT molecular complexity index is 916. The third-order valence-corrected chi connectivity index (χ3v) is 8.84. The van der Waals surface area contributed by atoms with Crippen LogP contribution in [-0.2, 0) is 30.1 Å². The van der Waals surface area contributed by atoms with Crippen LogP contribution >= 0.6 is 15.9 Å². The van der Waals surface area contributed by atoms with E-state index in [9.17, 15) is 9.59 Å². The van der Waals surface area contributed by atoms with E-state index < -0.39 is 0 Å². The Morgan fingerprint density at radius 2 is 1.83 bits per heavy atom. The Labute approximate surface area is 257 Å². The minimum atomic E-state index is -0.259. The molecule has 1 amide bonds. The molecule has 0 aromatic heterocycles. The van der Waals surface area contributed by atoms with Crippen LogP contribution in [0, 0.1) is 11.8 Å². The molecule has 1 heterocycles. The van der Waals surface area contributed by atoms with Crippen LogP contribution in [0.25, 0.3) is 0 Å². The molecule has 1 aromatic rings. The van der Waals surface area contributed by atoms with E-state index in [1.807, 2.05) is 13.0 Å². The Morgan fingerprint density at radius 1 is 1.05 bits per heavy atom. The lowest BCUT2D eigenvalue weighted by Crippen LogP contribution is -2.37. The summed E-state index contributed by atoms with van der Waals surface area (Å²) < 4.78 is 18.9. The van der Waals surface area contributed by atoms with Gasteiger partial charge in [0.15, 0.2) is 0 Å². The van der Waals surface area contributed by atoms with Crippen molar-refractivity contribution in [3.05, 3.63) is 48.0 Å². The molecule has 1 aromatic carbocycles. The number of ether oxygens (including phenoxy) is 1. The van der Waals surface area contributed by atoms with Crippen LogP contribution in [-0.4, -0.2) is 49.2 Å². The number of hydrogen-bond donors (Lipinski definition) is 1. The number of carbonyl (C=O) groups excluding carboxylic acids is 2. The van der Waals surface area contributed by atoms with Gasteiger partial charge < -0.3 is 19.4 Å². The van der Waals surface area contributed by atoms with Crippen molar-refractivity contribution < 1.29 is 23.6 Å². The van der Waals surface area contributed by atoms with Crippen molar-refractivity contribution in [1.29, 1.82) is 0 Å². The second-order valence-corrected chi connectivity index (χ2v) is 12.3. The van der Waals surface area contributed by atoms with Gasteiger partial charge in [-0.2, -0.15) is 0 Å². The lowest BCUT2D eigenvalue weighted by Gasteiger charge is -2.28. The van der Waals surface area contributed by atoms with Crippen LogP contribution in [0.4, 0.5) is 0 Å². The second kappa shape index (κ2) is 19.5. The van der Waals surface area contributed by atoms with Crippen molar-refractivity contribution in [2.24, 2.45) is 11.8 Å². The number of hydrogen-bond acceptors (Lipinski definition) is 5. The first-order chi connectivity index (χ1) is 20.0. The summed E-state index contributed by atoms with van der Waals surface area (Å²) in [5.41, 5.74) is 1.25. The molecule has 1 saturated heterocycles. The van der Waals surface area contributed by atoms with Crippen LogP contribution in [0.5, 0.6) is 0 Å². The molecule has 6 nitrogen and oxygen atoms in total. The number of esters is 1. The molecule has 1 aliphatic heterocycles. The highest BCUT2D eigenvalue weighted by molar-refractivity contribution is 9.09. The van der Waals surface area contributed by atoms with E-state index >= 15 is 0 Å². The first-order valence-electron chi connectivity index (χ1n) is 16.1. The minimum Gasteiger partial charge on any atom is -0.458 e. The summed E-state index contributed by atoms with van der Waals surface area (Å²) in [5, 5.41) is 3.68. The minimum absolute atomic E-state index is 0.118. The molecule has 5 atom stereocenters. The van der Waals surface area contributed by atoms with E-state index in [1.54, 1.807) is 0 Å². The maximum absolute atomic E-state index is 12.6. The van der Waals surface area contributed by atoms with E-state index in [-0.39, 0.29) is 43.2 Å². The van der Waals surface area contributed by atoms with Crippen LogP contribution in [0.1, 0.15) is 96.5 Å². The predicted molar refractivity (Wildman–Crippen MR) is 170 cm³/mol. The number of alkyl halides is 1. The molecular formula is C33H51BBrNO5. The van der Waals surface area contributed by atoms with Gasteiger partial charge in [0.25, 0.3) is 0 Å².